The maximum absolute atomic E-state index is 11.6. The van der Waals surface area contributed by atoms with Crippen molar-refractivity contribution in [3.05, 3.63) is 0 Å². The van der Waals surface area contributed by atoms with Gasteiger partial charge in [0.2, 0.25) is 0 Å². The molecule has 9 nitrogen and oxygen atoms in total. The number of aliphatic carboxylic acids is 1. The summed E-state index contributed by atoms with van der Waals surface area (Å²) in [4.78, 5) is 44.5. The fourth-order valence-electron chi connectivity index (χ4n) is 1.21. The molecule has 2 unspecified atom stereocenters. The first-order valence-electron chi connectivity index (χ1n) is 5.80. The van der Waals surface area contributed by atoms with Crippen LogP contribution in [0.1, 0.15) is 12.8 Å². The second kappa shape index (κ2) is 10.4. The molecule has 0 aromatic heterocycles. The number of carboxylic acids is 1. The van der Waals surface area contributed by atoms with Crippen LogP contribution in [0.15, 0.2) is 0 Å². The van der Waals surface area contributed by atoms with Gasteiger partial charge in [-0.25, -0.2) is 0 Å². The number of carbonyl (C=O) groups excluding carboxylic acids is 3. The summed E-state index contributed by atoms with van der Waals surface area (Å²) in [5.74, 6) is -3.06. The Bertz CT molecular complexity index is 408. The van der Waals surface area contributed by atoms with Crippen LogP contribution in [0.5, 0.6) is 0 Å². The van der Waals surface area contributed by atoms with Crippen molar-refractivity contribution in [1.82, 2.24) is 10.6 Å². The van der Waals surface area contributed by atoms with E-state index >= 15 is 0 Å². The molecule has 0 rings (SSSR count). The first kappa shape index (κ1) is 19.7. The fourth-order valence-corrected chi connectivity index (χ4v) is 1.73. The monoisotopic (exact) mass is 386 g/mol. The van der Waals surface area contributed by atoms with E-state index in [9.17, 15) is 19.2 Å². The molecular formula is C10H16N3O6SSe. The topological polar surface area (TPSA) is 148 Å². The molecule has 119 valence electrons. The average molecular weight is 385 g/mol. The number of hydrogen-bond acceptors (Lipinski definition) is 7. The van der Waals surface area contributed by atoms with Gasteiger partial charge in [-0.2, -0.15) is 0 Å². The van der Waals surface area contributed by atoms with Gasteiger partial charge in [-0.15, -0.1) is 0 Å². The summed E-state index contributed by atoms with van der Waals surface area (Å²) in [5, 5.41) is 12.9. The van der Waals surface area contributed by atoms with Gasteiger partial charge in [-0.05, 0) is 0 Å². The van der Waals surface area contributed by atoms with E-state index in [1.807, 2.05) is 16.3 Å². The first-order valence-corrected chi connectivity index (χ1v) is 7.14. The third-order valence-electron chi connectivity index (χ3n) is 2.32. The van der Waals surface area contributed by atoms with E-state index in [-0.39, 0.29) is 18.6 Å². The predicted octanol–water partition coefficient (Wildman–Crippen LogP) is -2.66. The van der Waals surface area contributed by atoms with Crippen LogP contribution in [-0.2, 0) is 23.0 Å². The van der Waals surface area contributed by atoms with Crippen molar-refractivity contribution in [2.75, 3.05) is 12.3 Å². The van der Waals surface area contributed by atoms with Crippen LogP contribution in [0.25, 0.3) is 0 Å². The van der Waals surface area contributed by atoms with E-state index in [0.29, 0.717) is 0 Å². The molecule has 1 radical (unpaired) electrons. The van der Waals surface area contributed by atoms with Crippen molar-refractivity contribution >= 4 is 52.7 Å². The number of nitrogens with two attached hydrogens (primary N) is 1. The van der Waals surface area contributed by atoms with E-state index < -0.39 is 42.4 Å². The van der Waals surface area contributed by atoms with Gasteiger partial charge in [0.25, 0.3) is 0 Å². The SMILES string of the molecule is NC(CCC(=O)NC(CS)C(=O)NCC(=O)O)C(=O)O[Se]. The number of thiol groups is 1. The number of nitrogens with one attached hydrogen (secondary N) is 2. The zero-order chi connectivity index (χ0) is 16.4. The minimum atomic E-state index is -1.20. The van der Waals surface area contributed by atoms with Crippen molar-refractivity contribution < 1.29 is 28.1 Å². The van der Waals surface area contributed by atoms with Gasteiger partial charge in [-0.3, -0.25) is 4.79 Å². The summed E-state index contributed by atoms with van der Waals surface area (Å²) in [5.41, 5.74) is 5.45. The molecule has 0 saturated carbocycles. The normalized spacial score (nSPS) is 12.9. The Hall–Kier alpha value is -1.29. The Kier molecular flexibility index (Phi) is 9.80. The minimum absolute atomic E-state index is 0.00475. The maximum atomic E-state index is 11.6. The van der Waals surface area contributed by atoms with E-state index in [4.69, 9.17) is 10.8 Å². The van der Waals surface area contributed by atoms with Crippen molar-refractivity contribution in [3.8, 4) is 0 Å². The second-order valence-electron chi connectivity index (χ2n) is 3.96. The van der Waals surface area contributed by atoms with E-state index in [1.165, 1.54) is 0 Å². The van der Waals surface area contributed by atoms with Crippen LogP contribution in [0.2, 0.25) is 0 Å². The quantitative estimate of drug-likeness (QED) is 0.215. The number of rotatable bonds is 9. The summed E-state index contributed by atoms with van der Waals surface area (Å²) >= 11 is 5.95. The number of amides is 2. The van der Waals surface area contributed by atoms with E-state index in [2.05, 4.69) is 27.1 Å². The van der Waals surface area contributed by atoms with Gasteiger partial charge in [0, 0.05) is 0 Å². The van der Waals surface area contributed by atoms with Gasteiger partial charge in [0.05, 0.1) is 0 Å². The molecule has 0 bridgehead atoms. The summed E-state index contributed by atoms with van der Waals surface area (Å²) in [6, 6.07) is -1.92. The van der Waals surface area contributed by atoms with Crippen LogP contribution < -0.4 is 16.4 Å². The Balaban J connectivity index is 4.23. The Labute approximate surface area is 134 Å². The summed E-state index contributed by atoms with van der Waals surface area (Å²) in [6.45, 7) is -0.553. The van der Waals surface area contributed by atoms with Crippen LogP contribution in [0.4, 0.5) is 0 Å². The van der Waals surface area contributed by atoms with Gasteiger partial charge in [0.15, 0.2) is 0 Å². The van der Waals surface area contributed by atoms with Crippen LogP contribution in [0.3, 0.4) is 0 Å². The molecule has 0 heterocycles. The number of carbonyl (C=O) groups is 4. The molecule has 0 spiro atoms. The second-order valence-corrected chi connectivity index (χ2v) is 4.68. The Morgan fingerprint density at radius 3 is 2.43 bits per heavy atom. The van der Waals surface area contributed by atoms with Crippen LogP contribution >= 0.6 is 12.6 Å². The molecule has 0 aromatic rings. The predicted molar refractivity (Wildman–Crippen MR) is 75.5 cm³/mol. The molecule has 0 fully saturated rings. The standard InChI is InChI=1S/C10H16N3O6SSe/c11-5(10(18)19-21)1-2-7(14)13-6(4-20)9(17)12-3-8(15)16/h5-6,20H,1-4,11H2,(H,12,17)(H,13,14)(H,15,16). The van der Waals surface area contributed by atoms with Gasteiger partial charge in [-0.1, -0.05) is 0 Å². The molecular weight excluding hydrogens is 369 g/mol. The van der Waals surface area contributed by atoms with Crippen molar-refractivity contribution in [2.24, 2.45) is 5.73 Å². The van der Waals surface area contributed by atoms with Gasteiger partial charge in [0.1, 0.15) is 0 Å². The van der Waals surface area contributed by atoms with Gasteiger partial charge >= 0.3 is 125 Å². The third kappa shape index (κ3) is 8.56. The van der Waals surface area contributed by atoms with Gasteiger partial charge < -0.3 is 5.11 Å². The molecule has 5 N–H and O–H groups in total. The zero-order valence-electron chi connectivity index (χ0n) is 10.9. The third-order valence-corrected chi connectivity index (χ3v) is 3.03. The molecule has 0 aromatic carbocycles. The Morgan fingerprint density at radius 2 is 1.95 bits per heavy atom. The first-order chi connectivity index (χ1) is 9.81. The molecule has 21 heavy (non-hydrogen) atoms. The molecule has 11 heteroatoms. The summed E-state index contributed by atoms with van der Waals surface area (Å²) < 4.78 is 4.29. The van der Waals surface area contributed by atoms with Crippen molar-refractivity contribution in [1.29, 1.82) is 0 Å². The molecule has 0 aliphatic carbocycles. The zero-order valence-corrected chi connectivity index (χ0v) is 13.5. The Morgan fingerprint density at radius 1 is 1.33 bits per heavy atom. The summed E-state index contributed by atoms with van der Waals surface area (Å²) in [6.07, 6.45) is -0.0465. The molecule has 0 aliphatic rings. The molecule has 0 aliphatic heterocycles. The van der Waals surface area contributed by atoms with Crippen LogP contribution in [0, 0.1) is 0 Å². The average Bonchev–Trinajstić information content (AvgIpc) is 2.46. The number of hydrogen-bond donors (Lipinski definition) is 5. The van der Waals surface area contributed by atoms with E-state index in [1.54, 1.807) is 0 Å². The van der Waals surface area contributed by atoms with Crippen molar-refractivity contribution in [2.45, 2.75) is 24.9 Å². The van der Waals surface area contributed by atoms with E-state index in [0.717, 1.165) is 0 Å². The van der Waals surface area contributed by atoms with Crippen molar-refractivity contribution in [3.63, 3.8) is 0 Å². The summed E-state index contributed by atoms with van der Waals surface area (Å²) in [7, 11) is 0. The molecule has 0 saturated heterocycles. The number of carboxylic acid groups (broad SMARTS) is 1. The molecule has 2 amide bonds. The van der Waals surface area contributed by atoms with Crippen LogP contribution in [-0.4, -0.2) is 69.6 Å². The fraction of sp³-hybridized carbons (Fsp3) is 0.600. The molecule has 2 atom stereocenters.